The van der Waals surface area contributed by atoms with Gasteiger partial charge in [0.2, 0.25) is 0 Å². The van der Waals surface area contributed by atoms with Crippen LogP contribution in [0.25, 0.3) is 0 Å². The summed E-state index contributed by atoms with van der Waals surface area (Å²) in [5.74, 6) is -1.33. The van der Waals surface area contributed by atoms with Gasteiger partial charge in [-0.3, -0.25) is 4.79 Å². The lowest BCUT2D eigenvalue weighted by atomic mass is 10.2. The number of carbonyl (C=O) groups excluding carboxylic acids is 1. The van der Waals surface area contributed by atoms with E-state index >= 15 is 0 Å². The highest BCUT2D eigenvalue weighted by Crippen LogP contribution is 2.10. The van der Waals surface area contributed by atoms with E-state index in [0.29, 0.717) is 5.69 Å². The first-order valence-electron chi connectivity index (χ1n) is 6.22. The van der Waals surface area contributed by atoms with E-state index in [4.69, 9.17) is 0 Å². The normalized spacial score (nSPS) is 10.8. The van der Waals surface area contributed by atoms with E-state index in [0.717, 1.165) is 0 Å². The van der Waals surface area contributed by atoms with Gasteiger partial charge in [-0.15, -0.1) is 0 Å². The number of halogens is 1. The smallest absolute Gasteiger partial charge is 0.358 e. The van der Waals surface area contributed by atoms with Crippen LogP contribution in [0.4, 0.5) is 10.2 Å². The van der Waals surface area contributed by atoms with Gasteiger partial charge in [-0.1, -0.05) is 18.2 Å². The lowest BCUT2D eigenvalue weighted by molar-refractivity contribution is -0.389. The van der Waals surface area contributed by atoms with E-state index in [-0.39, 0.29) is 17.9 Å². The summed E-state index contributed by atoms with van der Waals surface area (Å²) in [5.41, 5.74) is 2.91. The molecule has 0 aliphatic rings. The summed E-state index contributed by atoms with van der Waals surface area (Å²) in [5, 5.41) is 17.9. The highest BCUT2D eigenvalue weighted by molar-refractivity contribution is 5.82. The molecule has 0 saturated heterocycles. The van der Waals surface area contributed by atoms with Crippen molar-refractivity contribution in [1.29, 1.82) is 0 Å². The molecule has 0 fully saturated rings. The summed E-state index contributed by atoms with van der Waals surface area (Å²) in [4.78, 5) is 21.6. The Morgan fingerprint density at radius 1 is 1.55 bits per heavy atom. The Bertz CT molecular complexity index is 741. The van der Waals surface area contributed by atoms with Crippen molar-refractivity contribution in [2.45, 2.75) is 13.5 Å². The van der Waals surface area contributed by atoms with Crippen LogP contribution in [-0.4, -0.2) is 26.8 Å². The third kappa shape index (κ3) is 3.72. The average molecular weight is 305 g/mol. The van der Waals surface area contributed by atoms with Crippen LogP contribution in [0, 0.1) is 22.9 Å². The van der Waals surface area contributed by atoms with Gasteiger partial charge in [-0.05, 0) is 17.9 Å². The van der Waals surface area contributed by atoms with Gasteiger partial charge in [0.25, 0.3) is 5.91 Å². The zero-order chi connectivity index (χ0) is 16.1. The van der Waals surface area contributed by atoms with Gasteiger partial charge in [-0.2, -0.15) is 9.78 Å². The molecule has 0 unspecified atom stereocenters. The number of hydrogen-bond acceptors (Lipinski definition) is 5. The van der Waals surface area contributed by atoms with Gasteiger partial charge in [0, 0.05) is 5.56 Å². The van der Waals surface area contributed by atoms with Crippen LogP contribution in [0.1, 0.15) is 11.3 Å². The number of carbonyl (C=O) groups is 1. The number of nitrogens with zero attached hydrogens (tertiary/aromatic N) is 4. The molecule has 0 atom stereocenters. The molecule has 0 aliphatic carbocycles. The van der Waals surface area contributed by atoms with Gasteiger partial charge in [-0.25, -0.2) is 9.82 Å². The predicted molar refractivity (Wildman–Crippen MR) is 75.8 cm³/mol. The molecule has 1 heterocycles. The first-order chi connectivity index (χ1) is 10.5. The number of nitro groups is 1. The minimum Gasteiger partial charge on any atom is -0.358 e. The fourth-order valence-electron chi connectivity index (χ4n) is 1.67. The first kappa shape index (κ1) is 15.3. The lowest BCUT2D eigenvalue weighted by Gasteiger charge is -1.99. The number of rotatable bonds is 5. The molecular formula is C13H12FN5O3. The molecule has 2 rings (SSSR count). The topological polar surface area (TPSA) is 102 Å². The van der Waals surface area contributed by atoms with Gasteiger partial charge >= 0.3 is 5.82 Å². The zero-order valence-electron chi connectivity index (χ0n) is 11.6. The summed E-state index contributed by atoms with van der Waals surface area (Å²) in [6.45, 7) is 1.37. The van der Waals surface area contributed by atoms with Crippen molar-refractivity contribution in [2.75, 3.05) is 0 Å². The number of aryl methyl sites for hydroxylation is 1. The second-order valence-corrected chi connectivity index (χ2v) is 4.37. The Labute approximate surface area is 124 Å². The fourth-order valence-corrected chi connectivity index (χ4v) is 1.67. The molecule has 8 nitrogen and oxygen atoms in total. The summed E-state index contributed by atoms with van der Waals surface area (Å²) < 4.78 is 14.5. The molecule has 1 aromatic heterocycles. The molecule has 0 saturated carbocycles. The van der Waals surface area contributed by atoms with Crippen molar-refractivity contribution in [3.05, 3.63) is 57.5 Å². The fraction of sp³-hybridized carbons (Fsp3) is 0.154. The molecule has 22 heavy (non-hydrogen) atoms. The highest BCUT2D eigenvalue weighted by Gasteiger charge is 2.17. The van der Waals surface area contributed by atoms with E-state index in [1.54, 1.807) is 19.1 Å². The number of benzene rings is 1. The number of nitrogens with one attached hydrogen (secondary N) is 1. The summed E-state index contributed by atoms with van der Waals surface area (Å²) in [6.07, 6.45) is 1.17. The summed E-state index contributed by atoms with van der Waals surface area (Å²) >= 11 is 0. The minimum absolute atomic E-state index is 0.228. The Balaban J connectivity index is 1.96. The molecule has 0 spiro atoms. The quantitative estimate of drug-likeness (QED) is 0.512. The Hall–Kier alpha value is -3.10. The summed E-state index contributed by atoms with van der Waals surface area (Å²) in [7, 11) is 0. The predicted octanol–water partition coefficient (Wildman–Crippen LogP) is 1.39. The standard InChI is InChI=1S/C13H12FN5O3/c1-9-6-12(19(21)22)17-18(9)8-13(20)16-15-7-10-4-2-3-5-11(10)14/h2-7H,8H2,1H3,(H,16,20)/b15-7+. The van der Waals surface area contributed by atoms with Crippen LogP contribution in [0.2, 0.25) is 0 Å². The van der Waals surface area contributed by atoms with Crippen LogP contribution in [0.15, 0.2) is 35.4 Å². The highest BCUT2D eigenvalue weighted by atomic mass is 19.1. The second kappa shape index (κ2) is 6.57. The maximum absolute atomic E-state index is 13.3. The SMILES string of the molecule is Cc1cc([N+](=O)[O-])nn1CC(=O)N/N=C/c1ccccc1F. The molecule has 1 N–H and O–H groups in total. The molecule has 2 aromatic rings. The third-order valence-electron chi connectivity index (χ3n) is 2.75. The average Bonchev–Trinajstić information content (AvgIpc) is 2.82. The molecule has 0 bridgehead atoms. The van der Waals surface area contributed by atoms with E-state index in [1.807, 2.05) is 0 Å². The molecule has 0 radical (unpaired) electrons. The molecule has 9 heteroatoms. The molecule has 114 valence electrons. The largest absolute Gasteiger partial charge is 0.390 e. The van der Waals surface area contributed by atoms with Crippen LogP contribution in [0.5, 0.6) is 0 Å². The third-order valence-corrected chi connectivity index (χ3v) is 2.75. The molecule has 0 aliphatic heterocycles. The van der Waals surface area contributed by atoms with Crippen LogP contribution in [-0.2, 0) is 11.3 Å². The van der Waals surface area contributed by atoms with Crippen molar-refractivity contribution < 1.29 is 14.1 Å². The molecular weight excluding hydrogens is 293 g/mol. The maximum Gasteiger partial charge on any atom is 0.390 e. The zero-order valence-corrected chi connectivity index (χ0v) is 11.6. The number of hydrazone groups is 1. The van der Waals surface area contributed by atoms with Crippen LogP contribution >= 0.6 is 0 Å². The van der Waals surface area contributed by atoms with Crippen molar-refractivity contribution >= 4 is 17.9 Å². The number of hydrogen-bond donors (Lipinski definition) is 1. The summed E-state index contributed by atoms with van der Waals surface area (Å²) in [6, 6.07) is 7.22. The van der Waals surface area contributed by atoms with Crippen molar-refractivity contribution in [3.63, 3.8) is 0 Å². The number of aromatic nitrogens is 2. The first-order valence-corrected chi connectivity index (χ1v) is 6.22. The Morgan fingerprint density at radius 2 is 2.27 bits per heavy atom. The van der Waals surface area contributed by atoms with Crippen LogP contribution < -0.4 is 5.43 Å². The van der Waals surface area contributed by atoms with Crippen LogP contribution in [0.3, 0.4) is 0 Å². The van der Waals surface area contributed by atoms with E-state index in [1.165, 1.54) is 29.1 Å². The lowest BCUT2D eigenvalue weighted by Crippen LogP contribution is -2.24. The van der Waals surface area contributed by atoms with E-state index in [9.17, 15) is 19.3 Å². The van der Waals surface area contributed by atoms with Crippen molar-refractivity contribution in [3.8, 4) is 0 Å². The number of amides is 1. The minimum atomic E-state index is -0.641. The van der Waals surface area contributed by atoms with Gasteiger partial charge in [0.1, 0.15) is 12.4 Å². The molecule has 1 amide bonds. The van der Waals surface area contributed by atoms with Gasteiger partial charge in [0.05, 0.1) is 23.1 Å². The Kier molecular flexibility index (Phi) is 4.57. The second-order valence-electron chi connectivity index (χ2n) is 4.37. The monoisotopic (exact) mass is 305 g/mol. The van der Waals surface area contributed by atoms with Gasteiger partial charge in [0.15, 0.2) is 0 Å². The molecule has 1 aromatic carbocycles. The van der Waals surface area contributed by atoms with E-state index in [2.05, 4.69) is 15.6 Å². The van der Waals surface area contributed by atoms with Crippen molar-refractivity contribution in [1.82, 2.24) is 15.2 Å². The Morgan fingerprint density at radius 3 is 2.91 bits per heavy atom. The maximum atomic E-state index is 13.3. The van der Waals surface area contributed by atoms with Crippen molar-refractivity contribution in [2.24, 2.45) is 5.10 Å². The van der Waals surface area contributed by atoms with E-state index < -0.39 is 16.6 Å². The van der Waals surface area contributed by atoms with Gasteiger partial charge < -0.3 is 10.1 Å².